The van der Waals surface area contributed by atoms with Crippen LogP contribution in [0.4, 0.5) is 5.82 Å². The van der Waals surface area contributed by atoms with Gasteiger partial charge in [-0.15, -0.1) is 0 Å². The second-order valence-corrected chi connectivity index (χ2v) is 7.05. The molecule has 3 N–H and O–H groups in total. The van der Waals surface area contributed by atoms with Gasteiger partial charge >= 0.3 is 0 Å². The normalized spacial score (nSPS) is 19.7. The Hall–Kier alpha value is -2.25. The second kappa shape index (κ2) is 6.93. The summed E-state index contributed by atoms with van der Waals surface area (Å²) in [7, 11) is 1.84. The molecule has 1 saturated heterocycles. The Balaban J connectivity index is 1.63. The summed E-state index contributed by atoms with van der Waals surface area (Å²) in [6, 6.07) is 3.51. The number of anilines is 1. The number of hydrogen-bond acceptors (Lipinski definition) is 6. The molecule has 7 nitrogen and oxygen atoms in total. The van der Waals surface area contributed by atoms with E-state index in [0.29, 0.717) is 42.5 Å². The Morgan fingerprint density at radius 1 is 1.40 bits per heavy atom. The number of nitrogens with one attached hydrogen (secondary N) is 2. The van der Waals surface area contributed by atoms with Crippen LogP contribution in [0.5, 0.6) is 0 Å². The van der Waals surface area contributed by atoms with Crippen molar-refractivity contribution in [2.45, 2.75) is 25.4 Å². The SMILES string of the molecule is CN1C=C(Nc2ccc(C(=O)N3CCC(C)(O)CC3)cn2)C=C(Cl)N1. The number of aromatic nitrogens is 1. The van der Waals surface area contributed by atoms with Crippen molar-refractivity contribution in [1.29, 1.82) is 0 Å². The smallest absolute Gasteiger partial charge is 0.255 e. The van der Waals surface area contributed by atoms with E-state index in [0.717, 1.165) is 5.70 Å². The van der Waals surface area contributed by atoms with Crippen LogP contribution in [0.15, 0.2) is 41.5 Å². The third-order valence-corrected chi connectivity index (χ3v) is 4.50. The van der Waals surface area contributed by atoms with Crippen LogP contribution in [0.1, 0.15) is 30.1 Å². The molecule has 3 heterocycles. The van der Waals surface area contributed by atoms with Crippen LogP contribution in [-0.2, 0) is 0 Å². The standard InChI is InChI=1S/C17H22ClN5O2/c1-17(25)5-7-23(8-6-17)16(24)12-3-4-15(19-10-12)20-13-9-14(18)21-22(2)11-13/h3-4,9-11,21,25H,5-8H2,1-2H3,(H,19,20). The number of pyridine rings is 1. The molecule has 1 aromatic rings. The lowest BCUT2D eigenvalue weighted by Crippen LogP contribution is -2.45. The average Bonchev–Trinajstić information content (AvgIpc) is 2.54. The summed E-state index contributed by atoms with van der Waals surface area (Å²) in [6.45, 7) is 2.92. The number of hydrazine groups is 1. The first kappa shape index (κ1) is 17.6. The summed E-state index contributed by atoms with van der Waals surface area (Å²) in [6.07, 6.45) is 6.34. The number of aliphatic hydroxyl groups is 1. The monoisotopic (exact) mass is 363 g/mol. The minimum Gasteiger partial charge on any atom is -0.390 e. The van der Waals surface area contributed by atoms with Crippen LogP contribution in [0.3, 0.4) is 0 Å². The third kappa shape index (κ3) is 4.43. The molecule has 0 saturated carbocycles. The highest BCUT2D eigenvalue weighted by Gasteiger charge is 2.30. The van der Waals surface area contributed by atoms with E-state index >= 15 is 0 Å². The largest absolute Gasteiger partial charge is 0.390 e. The van der Waals surface area contributed by atoms with E-state index in [1.165, 1.54) is 0 Å². The first-order valence-corrected chi connectivity index (χ1v) is 8.53. The third-order valence-electron chi connectivity index (χ3n) is 4.31. The van der Waals surface area contributed by atoms with Gasteiger partial charge in [0.05, 0.1) is 16.9 Å². The number of carbonyl (C=O) groups is 1. The average molecular weight is 364 g/mol. The number of carbonyl (C=O) groups excluding carboxylic acids is 1. The molecule has 3 rings (SSSR count). The number of likely N-dealkylation sites (tertiary alicyclic amines) is 1. The molecule has 2 aliphatic heterocycles. The summed E-state index contributed by atoms with van der Waals surface area (Å²) in [5, 5.41) is 15.4. The van der Waals surface area contributed by atoms with Gasteiger partial charge in [0, 0.05) is 32.5 Å². The van der Waals surface area contributed by atoms with Gasteiger partial charge in [0.1, 0.15) is 11.0 Å². The molecule has 0 atom stereocenters. The summed E-state index contributed by atoms with van der Waals surface area (Å²) in [5.41, 5.74) is 3.57. The van der Waals surface area contributed by atoms with E-state index in [1.807, 2.05) is 20.2 Å². The van der Waals surface area contributed by atoms with Gasteiger partial charge in [-0.25, -0.2) is 4.98 Å². The van der Waals surface area contributed by atoms with Gasteiger partial charge < -0.3 is 15.3 Å². The number of nitrogens with zero attached hydrogens (tertiary/aromatic N) is 3. The van der Waals surface area contributed by atoms with Crippen molar-refractivity contribution in [3.05, 3.63) is 47.0 Å². The van der Waals surface area contributed by atoms with Crippen molar-refractivity contribution >= 4 is 23.3 Å². The molecule has 8 heteroatoms. The number of piperidine rings is 1. The van der Waals surface area contributed by atoms with Gasteiger partial charge in [0.2, 0.25) is 0 Å². The van der Waals surface area contributed by atoms with Crippen LogP contribution < -0.4 is 10.7 Å². The van der Waals surface area contributed by atoms with Gasteiger partial charge in [-0.05, 0) is 38.0 Å². The molecule has 0 spiro atoms. The highest BCUT2D eigenvalue weighted by Crippen LogP contribution is 2.22. The molecule has 0 aliphatic carbocycles. The number of rotatable bonds is 3. The van der Waals surface area contributed by atoms with Crippen LogP contribution >= 0.6 is 11.6 Å². The van der Waals surface area contributed by atoms with E-state index in [1.54, 1.807) is 34.3 Å². The zero-order valence-corrected chi connectivity index (χ0v) is 15.0. The topological polar surface area (TPSA) is 80.7 Å². The zero-order chi connectivity index (χ0) is 18.0. The molecule has 2 aliphatic rings. The minimum atomic E-state index is -0.673. The maximum absolute atomic E-state index is 12.5. The predicted octanol–water partition coefficient (Wildman–Crippen LogP) is 1.85. The van der Waals surface area contributed by atoms with Gasteiger partial charge in [-0.1, -0.05) is 11.6 Å². The Labute approximate surface area is 151 Å². The minimum absolute atomic E-state index is 0.0571. The summed E-state index contributed by atoms with van der Waals surface area (Å²) >= 11 is 5.98. The van der Waals surface area contributed by atoms with E-state index in [9.17, 15) is 9.90 Å². The molecular formula is C17H22ClN5O2. The molecular weight excluding hydrogens is 342 g/mol. The molecule has 0 unspecified atom stereocenters. The maximum atomic E-state index is 12.5. The summed E-state index contributed by atoms with van der Waals surface area (Å²) < 4.78 is 0. The first-order chi connectivity index (χ1) is 11.8. The molecule has 1 amide bonds. The van der Waals surface area contributed by atoms with E-state index < -0.39 is 5.60 Å². The Morgan fingerprint density at radius 3 is 2.72 bits per heavy atom. The molecule has 25 heavy (non-hydrogen) atoms. The number of allylic oxidation sites excluding steroid dienone is 1. The highest BCUT2D eigenvalue weighted by molar-refractivity contribution is 6.29. The lowest BCUT2D eigenvalue weighted by molar-refractivity contribution is -0.00203. The lowest BCUT2D eigenvalue weighted by atomic mass is 9.93. The zero-order valence-electron chi connectivity index (χ0n) is 14.3. The van der Waals surface area contributed by atoms with Crippen LogP contribution in [0.2, 0.25) is 0 Å². The summed E-state index contributed by atoms with van der Waals surface area (Å²) in [4.78, 5) is 18.6. The number of amides is 1. The van der Waals surface area contributed by atoms with Crippen molar-refractivity contribution in [3.8, 4) is 0 Å². The van der Waals surface area contributed by atoms with Gasteiger partial charge in [0.15, 0.2) is 0 Å². The molecule has 0 bridgehead atoms. The Kier molecular flexibility index (Phi) is 4.87. The number of halogens is 1. The van der Waals surface area contributed by atoms with Crippen LogP contribution in [0.25, 0.3) is 0 Å². The van der Waals surface area contributed by atoms with Crippen molar-refractivity contribution < 1.29 is 9.90 Å². The second-order valence-electron chi connectivity index (χ2n) is 6.65. The fourth-order valence-electron chi connectivity index (χ4n) is 2.80. The lowest BCUT2D eigenvalue weighted by Gasteiger charge is -2.35. The number of hydrogen-bond donors (Lipinski definition) is 3. The van der Waals surface area contributed by atoms with Crippen LogP contribution in [0, 0.1) is 0 Å². The van der Waals surface area contributed by atoms with Crippen molar-refractivity contribution in [2.75, 3.05) is 25.5 Å². The molecule has 1 fully saturated rings. The maximum Gasteiger partial charge on any atom is 0.255 e. The van der Waals surface area contributed by atoms with Crippen LogP contribution in [-0.4, -0.2) is 51.6 Å². The molecule has 0 radical (unpaired) electrons. The highest BCUT2D eigenvalue weighted by atomic mass is 35.5. The molecule has 0 aromatic carbocycles. The summed E-state index contributed by atoms with van der Waals surface area (Å²) in [5.74, 6) is 0.568. The van der Waals surface area contributed by atoms with Gasteiger partial charge in [-0.3, -0.25) is 15.2 Å². The Bertz CT molecular complexity index is 704. The predicted molar refractivity (Wildman–Crippen MR) is 96.5 cm³/mol. The van der Waals surface area contributed by atoms with Crippen molar-refractivity contribution in [2.24, 2.45) is 0 Å². The van der Waals surface area contributed by atoms with Gasteiger partial charge in [-0.2, -0.15) is 0 Å². The fraction of sp³-hybridized carbons (Fsp3) is 0.412. The fourth-order valence-corrected chi connectivity index (χ4v) is 3.05. The molecule has 1 aromatic heterocycles. The quantitative estimate of drug-likeness (QED) is 0.711. The van der Waals surface area contributed by atoms with Crippen molar-refractivity contribution in [1.82, 2.24) is 20.3 Å². The van der Waals surface area contributed by atoms with E-state index in [2.05, 4.69) is 15.7 Å². The van der Waals surface area contributed by atoms with E-state index in [-0.39, 0.29) is 5.91 Å². The van der Waals surface area contributed by atoms with E-state index in [4.69, 9.17) is 11.6 Å². The molecule has 134 valence electrons. The van der Waals surface area contributed by atoms with Crippen molar-refractivity contribution in [3.63, 3.8) is 0 Å². The van der Waals surface area contributed by atoms with Gasteiger partial charge in [0.25, 0.3) is 5.91 Å². The first-order valence-electron chi connectivity index (χ1n) is 8.16. The Morgan fingerprint density at radius 2 is 2.12 bits per heavy atom.